The van der Waals surface area contributed by atoms with E-state index in [4.69, 9.17) is 9.47 Å². The number of alkyl carbamates (subject to hydrolysis) is 2. The Morgan fingerprint density at radius 3 is 1.42 bits per heavy atom. The van der Waals surface area contributed by atoms with Gasteiger partial charge in [-0.05, 0) is 60.8 Å². The van der Waals surface area contributed by atoms with Gasteiger partial charge in [-0.2, -0.15) is 0 Å². The fourth-order valence-electron chi connectivity index (χ4n) is 6.69. The van der Waals surface area contributed by atoms with E-state index in [1.807, 2.05) is 76.3 Å². The number of methoxy groups -OCH3 is 2. The largest absolute Gasteiger partial charge is 0.453 e. The second kappa shape index (κ2) is 17.2. The lowest BCUT2D eigenvalue weighted by atomic mass is 10.0. The molecule has 4 unspecified atom stereocenters. The number of aromatic nitrogens is 4. The smallest absolute Gasteiger partial charge is 0.407 e. The third-order valence-corrected chi connectivity index (χ3v) is 9.56. The van der Waals surface area contributed by atoms with Crippen molar-refractivity contribution in [3.63, 3.8) is 0 Å². The highest BCUT2D eigenvalue weighted by atomic mass is 16.5. The van der Waals surface area contributed by atoms with Crippen molar-refractivity contribution in [2.24, 2.45) is 11.8 Å². The summed E-state index contributed by atoms with van der Waals surface area (Å²) in [5.74, 6) is 0.955. The normalized spacial score (nSPS) is 18.8. The number of H-pyrrole nitrogens is 2. The number of benzene rings is 1. The Balaban J connectivity index is 1.18. The average molecular weight is 715 g/mol. The second-order valence-corrected chi connectivity index (χ2v) is 13.9. The topological polar surface area (TPSA) is 175 Å². The molecule has 0 saturated carbocycles. The van der Waals surface area contributed by atoms with Crippen LogP contribution in [0.1, 0.15) is 99.6 Å². The van der Waals surface area contributed by atoms with Gasteiger partial charge in [-0.1, -0.05) is 64.1 Å². The van der Waals surface area contributed by atoms with E-state index in [0.29, 0.717) is 13.1 Å². The fourth-order valence-corrected chi connectivity index (χ4v) is 6.69. The van der Waals surface area contributed by atoms with Crippen molar-refractivity contribution in [1.29, 1.82) is 0 Å². The molecule has 1 aromatic carbocycles. The molecule has 2 saturated heterocycles. The summed E-state index contributed by atoms with van der Waals surface area (Å²) >= 11 is 0. The first kappa shape index (κ1) is 37.8. The van der Waals surface area contributed by atoms with Gasteiger partial charge in [0.1, 0.15) is 23.7 Å². The lowest BCUT2D eigenvalue weighted by Crippen LogP contribution is -2.51. The molecule has 0 aliphatic carbocycles. The van der Waals surface area contributed by atoms with E-state index < -0.39 is 24.3 Å². The molecule has 0 spiro atoms. The maximum absolute atomic E-state index is 13.4. The highest BCUT2D eigenvalue weighted by Crippen LogP contribution is 2.33. The van der Waals surface area contributed by atoms with E-state index in [1.54, 1.807) is 22.2 Å². The minimum absolute atomic E-state index is 0.0994. The highest BCUT2D eigenvalue weighted by molar-refractivity contribution is 5.87. The van der Waals surface area contributed by atoms with Gasteiger partial charge in [0.2, 0.25) is 11.8 Å². The lowest BCUT2D eigenvalue weighted by molar-refractivity contribution is -0.136. The van der Waals surface area contributed by atoms with Crippen LogP contribution in [0.25, 0.3) is 24.3 Å². The number of imidazole rings is 2. The molecule has 2 fully saturated rings. The molecule has 278 valence electrons. The Bertz CT molecular complexity index is 1630. The minimum atomic E-state index is -0.681. The number of nitrogens with one attached hydrogen (secondary N) is 4. The van der Waals surface area contributed by atoms with Crippen LogP contribution in [0.4, 0.5) is 9.59 Å². The molecular weight excluding hydrogens is 664 g/mol. The SMILES string of the molecule is COC(=O)NC(C(=O)N1CCCC1c1ncc(/C=C/c2ccc(/C=C/c3cnc(C4CCCN4C(=O)C(NC(=O)OC)C(C)C)[nH]3)cc2)[nH]1)C(C)C. The number of hydrogen-bond acceptors (Lipinski definition) is 8. The number of ether oxygens (including phenoxy) is 2. The number of carbonyl (C=O) groups is 4. The van der Waals surface area contributed by atoms with Crippen molar-refractivity contribution in [2.45, 2.75) is 77.5 Å². The number of carbonyl (C=O) groups excluding carboxylic acids is 4. The molecule has 2 aliphatic rings. The highest BCUT2D eigenvalue weighted by Gasteiger charge is 2.38. The maximum atomic E-state index is 13.4. The number of likely N-dealkylation sites (tertiary alicyclic amines) is 2. The standard InChI is InChI=1S/C38H50N8O6/c1-23(2)31(43-37(49)51-5)35(47)45-19-7-9-29(45)33-39-21-27(41-33)17-15-25-11-13-26(14-12-25)16-18-28-22-40-34(42-28)30-10-8-20-46(30)36(48)32(24(3)4)44-38(50)52-6/h11-18,21-24,29-32H,7-10,19-20H2,1-6H3,(H,39,41)(H,40,42)(H,43,49)(H,44,50)/b17-15+,18-16+. The lowest BCUT2D eigenvalue weighted by Gasteiger charge is -2.29. The molecular formula is C38H50N8O6. The predicted molar refractivity (Wildman–Crippen MR) is 197 cm³/mol. The zero-order valence-corrected chi connectivity index (χ0v) is 30.7. The first-order chi connectivity index (χ1) is 25.0. The zero-order valence-electron chi connectivity index (χ0n) is 30.7. The van der Waals surface area contributed by atoms with Crippen LogP contribution in [0.2, 0.25) is 0 Å². The molecule has 4 N–H and O–H groups in total. The van der Waals surface area contributed by atoms with E-state index in [0.717, 1.165) is 59.8 Å². The summed E-state index contributed by atoms with van der Waals surface area (Å²) in [6, 6.07) is 6.36. The van der Waals surface area contributed by atoms with Crippen LogP contribution in [-0.4, -0.2) is 93.1 Å². The molecule has 14 nitrogen and oxygen atoms in total. The molecule has 4 atom stereocenters. The maximum Gasteiger partial charge on any atom is 0.407 e. The van der Waals surface area contributed by atoms with Crippen LogP contribution in [0.3, 0.4) is 0 Å². The number of amides is 4. The fraction of sp³-hybridized carbons (Fsp3) is 0.474. The summed E-state index contributed by atoms with van der Waals surface area (Å²) in [6.07, 6.45) is 13.5. The van der Waals surface area contributed by atoms with E-state index in [2.05, 4.69) is 30.6 Å². The Kier molecular flexibility index (Phi) is 12.5. The van der Waals surface area contributed by atoms with Gasteiger partial charge in [-0.15, -0.1) is 0 Å². The Morgan fingerprint density at radius 1 is 0.692 bits per heavy atom. The van der Waals surface area contributed by atoms with Crippen molar-refractivity contribution in [1.82, 2.24) is 40.4 Å². The van der Waals surface area contributed by atoms with Gasteiger partial charge in [0.25, 0.3) is 0 Å². The van der Waals surface area contributed by atoms with Crippen molar-refractivity contribution in [3.8, 4) is 0 Å². The molecule has 2 aliphatic heterocycles. The molecule has 4 heterocycles. The van der Waals surface area contributed by atoms with E-state index >= 15 is 0 Å². The van der Waals surface area contributed by atoms with Crippen LogP contribution in [0, 0.1) is 11.8 Å². The Hall–Kier alpha value is -5.40. The first-order valence-electron chi connectivity index (χ1n) is 17.8. The number of hydrogen-bond donors (Lipinski definition) is 4. The molecule has 0 radical (unpaired) electrons. The van der Waals surface area contributed by atoms with Gasteiger partial charge in [0.15, 0.2) is 0 Å². The van der Waals surface area contributed by atoms with Crippen LogP contribution in [0.5, 0.6) is 0 Å². The number of aromatic amines is 2. The predicted octanol–water partition coefficient (Wildman–Crippen LogP) is 5.56. The summed E-state index contributed by atoms with van der Waals surface area (Å²) in [5, 5.41) is 5.36. The molecule has 52 heavy (non-hydrogen) atoms. The molecule has 4 amide bonds. The van der Waals surface area contributed by atoms with Gasteiger partial charge in [-0.3, -0.25) is 9.59 Å². The number of nitrogens with zero attached hydrogens (tertiary/aromatic N) is 4. The van der Waals surface area contributed by atoms with Gasteiger partial charge >= 0.3 is 12.2 Å². The van der Waals surface area contributed by atoms with E-state index in [1.165, 1.54) is 14.2 Å². The zero-order chi connectivity index (χ0) is 37.4. The molecule has 3 aromatic rings. The minimum Gasteiger partial charge on any atom is -0.453 e. The summed E-state index contributed by atoms with van der Waals surface area (Å²) in [6.45, 7) is 8.77. The van der Waals surface area contributed by atoms with Crippen LogP contribution in [0.15, 0.2) is 36.7 Å². The van der Waals surface area contributed by atoms with E-state index in [-0.39, 0.29) is 35.7 Å². The van der Waals surface area contributed by atoms with Crippen molar-refractivity contribution < 1.29 is 28.7 Å². The average Bonchev–Trinajstić information content (AvgIpc) is 3.97. The molecule has 14 heteroatoms. The van der Waals surface area contributed by atoms with Crippen molar-refractivity contribution in [2.75, 3.05) is 27.3 Å². The second-order valence-electron chi connectivity index (χ2n) is 13.9. The molecule has 0 bridgehead atoms. The van der Waals surface area contributed by atoms with Gasteiger partial charge in [0.05, 0.1) is 50.1 Å². The van der Waals surface area contributed by atoms with Crippen LogP contribution >= 0.6 is 0 Å². The van der Waals surface area contributed by atoms with Crippen molar-refractivity contribution in [3.05, 3.63) is 70.8 Å². The van der Waals surface area contributed by atoms with Gasteiger partial charge < -0.3 is 39.9 Å². The summed E-state index contributed by atoms with van der Waals surface area (Å²) in [7, 11) is 2.57. The Morgan fingerprint density at radius 2 is 1.08 bits per heavy atom. The quantitative estimate of drug-likeness (QED) is 0.189. The monoisotopic (exact) mass is 714 g/mol. The van der Waals surface area contributed by atoms with E-state index in [9.17, 15) is 19.2 Å². The number of rotatable bonds is 12. The molecule has 5 rings (SSSR count). The third-order valence-electron chi connectivity index (χ3n) is 9.56. The third kappa shape index (κ3) is 9.09. The summed E-state index contributed by atoms with van der Waals surface area (Å²) in [4.78, 5) is 70.1. The first-order valence-corrected chi connectivity index (χ1v) is 17.8. The van der Waals surface area contributed by atoms with Crippen LogP contribution < -0.4 is 10.6 Å². The van der Waals surface area contributed by atoms with Crippen molar-refractivity contribution >= 4 is 48.3 Å². The van der Waals surface area contributed by atoms with Crippen LogP contribution in [-0.2, 0) is 19.1 Å². The molecule has 2 aromatic heterocycles. The summed E-state index contributed by atoms with van der Waals surface area (Å²) in [5.41, 5.74) is 3.67. The summed E-state index contributed by atoms with van der Waals surface area (Å²) < 4.78 is 9.46. The van der Waals surface area contributed by atoms with Gasteiger partial charge in [0, 0.05) is 13.1 Å². The van der Waals surface area contributed by atoms with Gasteiger partial charge in [-0.25, -0.2) is 19.6 Å². The Labute approximate surface area is 304 Å².